The molecule has 0 aliphatic carbocycles. The van der Waals surface area contributed by atoms with Gasteiger partial charge in [0.15, 0.2) is 0 Å². The van der Waals surface area contributed by atoms with Crippen LogP contribution in [0, 0.1) is 0 Å². The van der Waals surface area contributed by atoms with Crippen LogP contribution in [0.2, 0.25) is 0 Å². The highest BCUT2D eigenvalue weighted by atomic mass is 32.2. The number of benzene rings is 1. The van der Waals surface area contributed by atoms with Crippen LogP contribution in [0.3, 0.4) is 0 Å². The molecule has 14 heteroatoms. The molecule has 1 N–H and O–H groups in total. The first-order valence-electron chi connectivity index (χ1n) is 11.7. The van der Waals surface area contributed by atoms with E-state index in [9.17, 15) is 26.4 Å². The Morgan fingerprint density at radius 2 is 1.79 bits per heavy atom. The number of amides is 1. The second-order valence-electron chi connectivity index (χ2n) is 9.08. The molecule has 10 nitrogen and oxygen atoms in total. The van der Waals surface area contributed by atoms with Gasteiger partial charge in [0, 0.05) is 38.4 Å². The average molecular weight is 559 g/mol. The van der Waals surface area contributed by atoms with Crippen molar-refractivity contribution in [1.82, 2.24) is 19.1 Å². The molecule has 1 aromatic carbocycles. The van der Waals surface area contributed by atoms with Gasteiger partial charge in [-0.15, -0.1) is 0 Å². The van der Waals surface area contributed by atoms with Crippen LogP contribution >= 0.6 is 0 Å². The number of nitrogens with zero attached hydrogens (tertiary/aromatic N) is 4. The van der Waals surface area contributed by atoms with Crippen LogP contribution in [-0.4, -0.2) is 96.5 Å². The summed E-state index contributed by atoms with van der Waals surface area (Å²) < 4.78 is 66.9. The van der Waals surface area contributed by atoms with Crippen molar-refractivity contribution >= 4 is 21.9 Å². The van der Waals surface area contributed by atoms with Crippen molar-refractivity contribution < 1.29 is 41.0 Å². The molecule has 38 heavy (non-hydrogen) atoms. The summed E-state index contributed by atoms with van der Waals surface area (Å²) in [7, 11) is -0.0659. The summed E-state index contributed by atoms with van der Waals surface area (Å²) in [5, 5.41) is 7.12. The number of carbonyl (C=O) groups is 2. The number of aliphatic carboxylic acids is 1. The Bertz CT molecular complexity index is 1230. The van der Waals surface area contributed by atoms with Crippen molar-refractivity contribution in [2.24, 2.45) is 0 Å². The number of aromatic nitrogens is 1. The van der Waals surface area contributed by atoms with E-state index in [1.165, 1.54) is 0 Å². The Hall–Kier alpha value is -3.23. The van der Waals surface area contributed by atoms with Gasteiger partial charge in [0.1, 0.15) is 16.7 Å². The summed E-state index contributed by atoms with van der Waals surface area (Å²) in [4.78, 5) is 29.5. The number of rotatable bonds is 4. The predicted molar refractivity (Wildman–Crippen MR) is 130 cm³/mol. The van der Waals surface area contributed by atoms with Gasteiger partial charge in [-0.05, 0) is 44.3 Å². The van der Waals surface area contributed by atoms with Gasteiger partial charge >= 0.3 is 12.1 Å². The number of pyridine rings is 1. The molecular weight excluding hydrogens is 529 g/mol. The maximum Gasteiger partial charge on any atom is 0.490 e. The van der Waals surface area contributed by atoms with Crippen molar-refractivity contribution in [3.63, 3.8) is 0 Å². The van der Waals surface area contributed by atoms with E-state index in [4.69, 9.17) is 14.6 Å². The van der Waals surface area contributed by atoms with Gasteiger partial charge in [-0.1, -0.05) is 18.2 Å². The monoisotopic (exact) mass is 558 g/mol. The third kappa shape index (κ3) is 7.20. The molecule has 0 radical (unpaired) electrons. The fourth-order valence-corrected chi connectivity index (χ4v) is 6.04. The first-order valence-corrected chi connectivity index (χ1v) is 13.1. The van der Waals surface area contributed by atoms with Crippen molar-refractivity contribution in [3.05, 3.63) is 54.4 Å². The molecule has 2 aliphatic rings. The number of halogens is 3. The average Bonchev–Trinajstić information content (AvgIpc) is 3.09. The lowest BCUT2D eigenvalue weighted by molar-refractivity contribution is -0.192. The van der Waals surface area contributed by atoms with Gasteiger partial charge in [0.25, 0.3) is 0 Å². The summed E-state index contributed by atoms with van der Waals surface area (Å²) in [5.41, 5.74) is 0.814. The Morgan fingerprint density at radius 1 is 1.13 bits per heavy atom. The number of para-hydroxylation sites is 1. The summed E-state index contributed by atoms with van der Waals surface area (Å²) in [6, 6.07) is 10.1. The van der Waals surface area contributed by atoms with E-state index in [2.05, 4.69) is 4.98 Å². The molecular formula is C24H29F3N4O6S. The molecule has 208 valence electrons. The minimum atomic E-state index is -5.08. The number of likely N-dealkylation sites (tertiary alicyclic amines) is 1. The second-order valence-corrected chi connectivity index (χ2v) is 10.9. The third-order valence-corrected chi connectivity index (χ3v) is 7.91. The lowest BCUT2D eigenvalue weighted by Crippen LogP contribution is -2.46. The second kappa shape index (κ2) is 12.1. The Labute approximate surface area is 218 Å². The summed E-state index contributed by atoms with van der Waals surface area (Å²) >= 11 is 0. The number of likely N-dealkylation sites (N-methyl/N-ethyl adjacent to an activating group) is 1. The van der Waals surface area contributed by atoms with Crippen LogP contribution in [0.25, 0.3) is 0 Å². The van der Waals surface area contributed by atoms with E-state index in [-0.39, 0.29) is 29.5 Å². The maximum atomic E-state index is 13.7. The van der Waals surface area contributed by atoms with E-state index in [0.717, 1.165) is 5.56 Å². The molecule has 2 aliphatic heterocycles. The van der Waals surface area contributed by atoms with Gasteiger partial charge in [0.05, 0.1) is 12.6 Å². The number of sulfonamides is 1. The first kappa shape index (κ1) is 29.3. The number of fused-ring (bicyclic) bond motifs is 2. The van der Waals surface area contributed by atoms with Crippen LogP contribution in [0.15, 0.2) is 53.7 Å². The van der Waals surface area contributed by atoms with Crippen LogP contribution < -0.4 is 4.74 Å². The standard InChI is InChI=1S/C22H28N4O4S.C2HF3O2/c1-24(2)16-22(27)25-12-9-18-19(10-13-25)30-20-7-3-4-8-21(20)31(28,29)26(18)15-17-6-5-11-23-14-17;3-2(4,5)1(6)7/h3-8,11,14,18-19H,9-10,12-13,15-16H2,1-2H3;(H,6,7)/t18-,19-;/m0./s1. The van der Waals surface area contributed by atoms with Crippen LogP contribution in [0.1, 0.15) is 18.4 Å². The lowest BCUT2D eigenvalue weighted by atomic mass is 10.1. The van der Waals surface area contributed by atoms with E-state index < -0.39 is 22.2 Å². The molecule has 1 fully saturated rings. The Kier molecular flexibility index (Phi) is 9.33. The Morgan fingerprint density at radius 3 is 2.39 bits per heavy atom. The largest absolute Gasteiger partial charge is 0.490 e. The van der Waals surface area contributed by atoms with Crippen molar-refractivity contribution in [2.45, 2.75) is 42.6 Å². The molecule has 0 bridgehead atoms. The van der Waals surface area contributed by atoms with Crippen LogP contribution in [0.4, 0.5) is 13.2 Å². The molecule has 1 saturated heterocycles. The minimum Gasteiger partial charge on any atom is -0.487 e. The van der Waals surface area contributed by atoms with Crippen molar-refractivity contribution in [1.29, 1.82) is 0 Å². The fraction of sp³-hybridized carbons (Fsp3) is 0.458. The molecule has 4 rings (SSSR count). The van der Waals surface area contributed by atoms with E-state index in [1.807, 2.05) is 30.0 Å². The number of hydrogen-bond donors (Lipinski definition) is 1. The minimum absolute atomic E-state index is 0.0449. The van der Waals surface area contributed by atoms with Crippen molar-refractivity contribution in [2.75, 3.05) is 33.7 Å². The number of carbonyl (C=O) groups excluding carboxylic acids is 1. The molecule has 3 heterocycles. The van der Waals surface area contributed by atoms with Gasteiger partial charge < -0.3 is 19.6 Å². The number of hydrogen-bond acceptors (Lipinski definition) is 7. The summed E-state index contributed by atoms with van der Waals surface area (Å²) in [6.45, 7) is 1.57. The maximum absolute atomic E-state index is 13.7. The first-order chi connectivity index (χ1) is 17.8. The Balaban J connectivity index is 0.000000505. The van der Waals surface area contributed by atoms with E-state index >= 15 is 0 Å². The topological polar surface area (TPSA) is 120 Å². The zero-order chi connectivity index (χ0) is 28.1. The van der Waals surface area contributed by atoms with E-state index in [1.54, 1.807) is 47.0 Å². The van der Waals surface area contributed by atoms with Crippen molar-refractivity contribution in [3.8, 4) is 5.75 Å². The summed E-state index contributed by atoms with van der Waals surface area (Å²) in [5.74, 6) is -2.34. The zero-order valence-corrected chi connectivity index (χ0v) is 21.7. The normalized spacial score (nSPS) is 21.1. The van der Waals surface area contributed by atoms with E-state index in [0.29, 0.717) is 38.2 Å². The highest BCUT2D eigenvalue weighted by Crippen LogP contribution is 2.37. The molecule has 2 aromatic rings. The van der Waals surface area contributed by atoms with Gasteiger partial charge in [-0.25, -0.2) is 13.2 Å². The highest BCUT2D eigenvalue weighted by molar-refractivity contribution is 7.89. The van der Waals surface area contributed by atoms with Crippen LogP contribution in [0.5, 0.6) is 5.75 Å². The molecule has 0 saturated carbocycles. The SMILES string of the molecule is CN(C)CC(=O)N1CC[C@@H]2Oc3ccccc3S(=O)(=O)N(Cc3cccnc3)[C@H]2CC1.O=C(O)C(F)(F)F. The summed E-state index contributed by atoms with van der Waals surface area (Å²) in [6.07, 6.45) is -0.991. The molecule has 1 aromatic heterocycles. The number of alkyl halides is 3. The molecule has 1 amide bonds. The van der Waals surface area contributed by atoms with Gasteiger partial charge in [-0.3, -0.25) is 9.78 Å². The fourth-order valence-electron chi connectivity index (χ4n) is 4.25. The molecule has 0 spiro atoms. The highest BCUT2D eigenvalue weighted by Gasteiger charge is 2.43. The predicted octanol–water partition coefficient (Wildman–Crippen LogP) is 2.22. The molecule has 0 unspecified atom stereocenters. The van der Waals surface area contributed by atoms with Crippen LogP contribution in [-0.2, 0) is 26.2 Å². The quantitative estimate of drug-likeness (QED) is 0.607. The number of ether oxygens (including phenoxy) is 1. The smallest absolute Gasteiger partial charge is 0.487 e. The number of carboxylic acid groups (broad SMARTS) is 1. The van der Waals surface area contributed by atoms with Gasteiger partial charge in [-0.2, -0.15) is 17.5 Å². The number of carboxylic acids is 1. The van der Waals surface area contributed by atoms with Gasteiger partial charge in [0.2, 0.25) is 15.9 Å². The lowest BCUT2D eigenvalue weighted by Gasteiger charge is -2.31. The molecule has 2 atom stereocenters. The zero-order valence-electron chi connectivity index (χ0n) is 20.8. The third-order valence-electron chi connectivity index (χ3n) is 6.00.